The molecule has 2 fully saturated rings. The highest BCUT2D eigenvalue weighted by Gasteiger charge is 2.34. The molecule has 2 aliphatic rings. The van der Waals surface area contributed by atoms with Gasteiger partial charge in [-0.25, -0.2) is 4.79 Å². The Bertz CT molecular complexity index is 755. The van der Waals surface area contributed by atoms with Gasteiger partial charge in [0.15, 0.2) is 0 Å². The van der Waals surface area contributed by atoms with Gasteiger partial charge in [-0.15, -0.1) is 0 Å². The molecule has 2 aliphatic heterocycles. The summed E-state index contributed by atoms with van der Waals surface area (Å²) in [5.41, 5.74) is 2.29. The second-order valence-corrected chi connectivity index (χ2v) is 7.30. The van der Waals surface area contributed by atoms with Crippen LogP contribution in [0.3, 0.4) is 0 Å². The maximum atomic E-state index is 12.3. The molecule has 1 unspecified atom stereocenters. The summed E-state index contributed by atoms with van der Waals surface area (Å²) in [6, 6.07) is 18.3. The first kappa shape index (κ1) is 17.9. The Balaban J connectivity index is 1.30. The van der Waals surface area contributed by atoms with Crippen LogP contribution in [0, 0.1) is 0 Å². The van der Waals surface area contributed by atoms with Crippen molar-refractivity contribution in [2.75, 3.05) is 38.2 Å². The number of hydrogen-bond donors (Lipinski definition) is 0. The lowest BCUT2D eigenvalue weighted by Crippen LogP contribution is -2.39. The van der Waals surface area contributed by atoms with Gasteiger partial charge in [0.2, 0.25) is 0 Å². The standard InChI is InChI=1S/C22H26N2O3/c1-26-20-9-7-19(8-10-20)24-16-21(27-22(24)25)15-23-13-11-18(12-14-23)17-5-3-2-4-6-17/h2-10,18,21H,11-16H2,1H3. The van der Waals surface area contributed by atoms with Gasteiger partial charge in [-0.2, -0.15) is 0 Å². The number of rotatable bonds is 5. The molecular weight excluding hydrogens is 340 g/mol. The average Bonchev–Trinajstić information content (AvgIpc) is 3.09. The maximum absolute atomic E-state index is 12.3. The third-order valence-corrected chi connectivity index (χ3v) is 5.58. The van der Waals surface area contributed by atoms with Crippen molar-refractivity contribution in [3.05, 3.63) is 60.2 Å². The number of methoxy groups -OCH3 is 1. The van der Waals surface area contributed by atoms with Crippen molar-refractivity contribution >= 4 is 11.8 Å². The summed E-state index contributed by atoms with van der Waals surface area (Å²) < 4.78 is 10.8. The summed E-state index contributed by atoms with van der Waals surface area (Å²) in [4.78, 5) is 16.4. The predicted octanol–water partition coefficient (Wildman–Crippen LogP) is 3.90. The van der Waals surface area contributed by atoms with E-state index in [2.05, 4.69) is 35.2 Å². The number of carbonyl (C=O) groups excluding carboxylic acids is 1. The minimum Gasteiger partial charge on any atom is -0.497 e. The summed E-state index contributed by atoms with van der Waals surface area (Å²) in [6.45, 7) is 3.51. The Morgan fingerprint density at radius 1 is 1.04 bits per heavy atom. The van der Waals surface area contributed by atoms with Gasteiger partial charge < -0.3 is 9.47 Å². The third kappa shape index (κ3) is 4.08. The topological polar surface area (TPSA) is 42.0 Å². The first-order valence-electron chi connectivity index (χ1n) is 9.62. The monoisotopic (exact) mass is 366 g/mol. The fraction of sp³-hybridized carbons (Fsp3) is 0.409. The van der Waals surface area contributed by atoms with Gasteiger partial charge in [0.1, 0.15) is 11.9 Å². The van der Waals surface area contributed by atoms with Crippen molar-refractivity contribution in [2.24, 2.45) is 0 Å². The first-order valence-corrected chi connectivity index (χ1v) is 9.62. The summed E-state index contributed by atoms with van der Waals surface area (Å²) in [7, 11) is 1.64. The lowest BCUT2D eigenvalue weighted by Gasteiger charge is -2.33. The minimum atomic E-state index is -0.260. The van der Waals surface area contributed by atoms with Gasteiger partial charge in [0, 0.05) is 12.2 Å². The molecule has 5 heteroatoms. The van der Waals surface area contributed by atoms with Crippen molar-refractivity contribution in [2.45, 2.75) is 24.9 Å². The predicted molar refractivity (Wildman–Crippen MR) is 105 cm³/mol. The molecule has 2 heterocycles. The van der Waals surface area contributed by atoms with Crippen LogP contribution in [0.15, 0.2) is 54.6 Å². The second kappa shape index (κ2) is 8.01. The van der Waals surface area contributed by atoms with Gasteiger partial charge >= 0.3 is 6.09 Å². The number of benzene rings is 2. The molecule has 0 aliphatic carbocycles. The minimum absolute atomic E-state index is 0.0760. The largest absolute Gasteiger partial charge is 0.497 e. The van der Waals surface area contributed by atoms with E-state index >= 15 is 0 Å². The van der Waals surface area contributed by atoms with Gasteiger partial charge in [0.25, 0.3) is 0 Å². The van der Waals surface area contributed by atoms with Crippen LogP contribution in [0.2, 0.25) is 0 Å². The van der Waals surface area contributed by atoms with E-state index < -0.39 is 0 Å². The highest BCUT2D eigenvalue weighted by Crippen LogP contribution is 2.29. The molecule has 142 valence electrons. The number of piperidine rings is 1. The second-order valence-electron chi connectivity index (χ2n) is 7.30. The number of likely N-dealkylation sites (tertiary alicyclic amines) is 1. The molecule has 2 aromatic rings. The highest BCUT2D eigenvalue weighted by molar-refractivity contribution is 5.89. The van der Waals surface area contributed by atoms with Crippen LogP contribution >= 0.6 is 0 Å². The van der Waals surface area contributed by atoms with Crippen LogP contribution in [0.5, 0.6) is 5.75 Å². The molecule has 4 rings (SSSR count). The zero-order valence-electron chi connectivity index (χ0n) is 15.7. The Hall–Kier alpha value is -2.53. The van der Waals surface area contributed by atoms with E-state index in [1.807, 2.05) is 24.3 Å². The number of nitrogens with zero attached hydrogens (tertiary/aromatic N) is 2. The third-order valence-electron chi connectivity index (χ3n) is 5.58. The average molecular weight is 366 g/mol. The molecule has 0 spiro atoms. The van der Waals surface area contributed by atoms with E-state index in [4.69, 9.17) is 9.47 Å². The van der Waals surface area contributed by atoms with E-state index in [0.29, 0.717) is 12.5 Å². The van der Waals surface area contributed by atoms with Gasteiger partial charge in [-0.3, -0.25) is 9.80 Å². The van der Waals surface area contributed by atoms with Crippen molar-refractivity contribution < 1.29 is 14.3 Å². The summed E-state index contributed by atoms with van der Waals surface area (Å²) in [5.74, 6) is 1.42. The number of anilines is 1. The van der Waals surface area contributed by atoms with Gasteiger partial charge in [-0.1, -0.05) is 30.3 Å². The molecule has 27 heavy (non-hydrogen) atoms. The summed E-state index contributed by atoms with van der Waals surface area (Å²) in [6.07, 6.45) is 1.98. The van der Waals surface area contributed by atoms with Crippen LogP contribution in [0.4, 0.5) is 10.5 Å². The molecule has 2 aromatic carbocycles. The number of carbonyl (C=O) groups is 1. The number of hydrogen-bond acceptors (Lipinski definition) is 4. The van der Waals surface area contributed by atoms with Crippen molar-refractivity contribution in [3.63, 3.8) is 0 Å². The number of amides is 1. The zero-order valence-corrected chi connectivity index (χ0v) is 15.7. The van der Waals surface area contributed by atoms with Crippen molar-refractivity contribution in [1.82, 2.24) is 4.90 Å². The van der Waals surface area contributed by atoms with Crippen molar-refractivity contribution in [3.8, 4) is 5.75 Å². The van der Waals surface area contributed by atoms with Crippen LogP contribution in [0.1, 0.15) is 24.3 Å². The van der Waals surface area contributed by atoms with E-state index in [1.165, 1.54) is 5.56 Å². The molecule has 0 bridgehead atoms. The van der Waals surface area contributed by atoms with Crippen LogP contribution in [0.25, 0.3) is 0 Å². The normalized spacial score (nSPS) is 21.3. The molecule has 0 saturated carbocycles. The van der Waals surface area contributed by atoms with Crippen LogP contribution in [-0.4, -0.2) is 50.4 Å². The highest BCUT2D eigenvalue weighted by atomic mass is 16.6. The number of ether oxygens (including phenoxy) is 2. The summed E-state index contributed by atoms with van der Waals surface area (Å²) >= 11 is 0. The molecule has 1 atom stereocenters. The molecular formula is C22H26N2O3. The number of cyclic esters (lactones) is 1. The molecule has 0 N–H and O–H groups in total. The Morgan fingerprint density at radius 3 is 2.41 bits per heavy atom. The van der Waals surface area contributed by atoms with E-state index in [9.17, 15) is 4.79 Å². The van der Waals surface area contributed by atoms with Gasteiger partial charge in [-0.05, 0) is 61.7 Å². The van der Waals surface area contributed by atoms with Crippen molar-refractivity contribution in [1.29, 1.82) is 0 Å². The molecule has 2 saturated heterocycles. The zero-order chi connectivity index (χ0) is 18.6. The van der Waals surface area contributed by atoms with Crippen LogP contribution < -0.4 is 9.64 Å². The molecule has 5 nitrogen and oxygen atoms in total. The fourth-order valence-electron chi connectivity index (χ4n) is 4.05. The Labute approximate surface area is 160 Å². The van der Waals surface area contributed by atoms with E-state index in [1.54, 1.807) is 12.0 Å². The Kier molecular flexibility index (Phi) is 5.30. The lowest BCUT2D eigenvalue weighted by molar-refractivity contribution is 0.0976. The summed E-state index contributed by atoms with van der Waals surface area (Å²) in [5, 5.41) is 0. The SMILES string of the molecule is COc1ccc(N2CC(CN3CCC(c4ccccc4)CC3)OC2=O)cc1. The smallest absolute Gasteiger partial charge is 0.414 e. The first-order chi connectivity index (χ1) is 13.2. The molecule has 1 amide bonds. The molecule has 0 aromatic heterocycles. The van der Waals surface area contributed by atoms with E-state index in [-0.39, 0.29) is 12.2 Å². The maximum Gasteiger partial charge on any atom is 0.414 e. The lowest BCUT2D eigenvalue weighted by atomic mass is 9.89. The van der Waals surface area contributed by atoms with Crippen LogP contribution in [-0.2, 0) is 4.74 Å². The van der Waals surface area contributed by atoms with Gasteiger partial charge in [0.05, 0.1) is 13.7 Å². The Morgan fingerprint density at radius 2 is 1.74 bits per heavy atom. The quantitative estimate of drug-likeness (QED) is 0.805. The fourth-order valence-corrected chi connectivity index (χ4v) is 4.05. The van der Waals surface area contributed by atoms with E-state index in [0.717, 1.165) is 43.9 Å². The molecule has 0 radical (unpaired) electrons.